The molecule has 3 fully saturated rings. The molecular formula is C17H32N2O2. The molecular weight excluding hydrogens is 264 g/mol. The van der Waals surface area contributed by atoms with Crippen molar-refractivity contribution in [2.24, 2.45) is 0 Å². The molecule has 3 rings (SSSR count). The Morgan fingerprint density at radius 2 is 2.00 bits per heavy atom. The molecule has 1 spiro atoms. The summed E-state index contributed by atoms with van der Waals surface area (Å²) in [4.78, 5) is 2.71. The van der Waals surface area contributed by atoms with Gasteiger partial charge in [-0.05, 0) is 51.6 Å². The summed E-state index contributed by atoms with van der Waals surface area (Å²) in [5, 5.41) is 3.70. The maximum Gasteiger partial charge on any atom is 0.0741 e. The number of hydrogen-bond acceptors (Lipinski definition) is 4. The predicted octanol–water partition coefficient (Wildman–Crippen LogP) is 2.18. The summed E-state index contributed by atoms with van der Waals surface area (Å²) in [6, 6.07) is 1.40. The fourth-order valence-corrected chi connectivity index (χ4v) is 4.30. The third-order valence-electron chi connectivity index (χ3n) is 5.66. The Balaban J connectivity index is 1.57. The molecule has 4 heteroatoms. The first-order chi connectivity index (χ1) is 10.3. The number of likely N-dealkylation sites (N-methyl/N-ethyl adjacent to an activating group) is 1. The van der Waals surface area contributed by atoms with Gasteiger partial charge in [-0.3, -0.25) is 4.90 Å². The summed E-state index contributed by atoms with van der Waals surface area (Å²) in [7, 11) is 0. The van der Waals surface area contributed by atoms with Crippen LogP contribution in [-0.4, -0.2) is 62.0 Å². The van der Waals surface area contributed by atoms with Crippen LogP contribution < -0.4 is 5.32 Å². The quantitative estimate of drug-likeness (QED) is 0.862. The Morgan fingerprint density at radius 1 is 1.14 bits per heavy atom. The molecule has 4 nitrogen and oxygen atoms in total. The molecule has 0 bridgehead atoms. The van der Waals surface area contributed by atoms with E-state index in [4.69, 9.17) is 9.47 Å². The highest BCUT2D eigenvalue weighted by molar-refractivity contribution is 4.93. The van der Waals surface area contributed by atoms with Gasteiger partial charge in [0.2, 0.25) is 0 Å². The molecule has 2 atom stereocenters. The highest BCUT2D eigenvalue weighted by Gasteiger charge is 2.40. The fourth-order valence-electron chi connectivity index (χ4n) is 4.30. The highest BCUT2D eigenvalue weighted by Crippen LogP contribution is 2.36. The second kappa shape index (κ2) is 7.40. The smallest absolute Gasteiger partial charge is 0.0741 e. The zero-order chi connectivity index (χ0) is 14.5. The molecule has 0 amide bonds. The summed E-state index contributed by atoms with van der Waals surface area (Å²) >= 11 is 0. The van der Waals surface area contributed by atoms with Gasteiger partial charge in [-0.2, -0.15) is 0 Å². The van der Waals surface area contributed by atoms with Crippen molar-refractivity contribution in [3.63, 3.8) is 0 Å². The Hall–Kier alpha value is -0.160. The van der Waals surface area contributed by atoms with Crippen LogP contribution in [0.2, 0.25) is 0 Å². The first-order valence-electron chi connectivity index (χ1n) is 9.00. The minimum Gasteiger partial charge on any atom is -0.381 e. The normalized spacial score (nSPS) is 33.4. The molecule has 122 valence electrons. The number of piperidine rings is 1. The van der Waals surface area contributed by atoms with E-state index in [2.05, 4.69) is 17.1 Å². The van der Waals surface area contributed by atoms with Crippen molar-refractivity contribution in [3.05, 3.63) is 0 Å². The second-order valence-corrected chi connectivity index (χ2v) is 7.02. The summed E-state index contributed by atoms with van der Waals surface area (Å²) in [5.41, 5.74) is 0.120. The first-order valence-corrected chi connectivity index (χ1v) is 9.00. The van der Waals surface area contributed by atoms with Gasteiger partial charge in [-0.15, -0.1) is 0 Å². The minimum atomic E-state index is 0.120. The van der Waals surface area contributed by atoms with E-state index in [-0.39, 0.29) is 5.60 Å². The lowest BCUT2D eigenvalue weighted by Gasteiger charge is -2.47. The number of ether oxygens (including phenoxy) is 2. The molecule has 0 aromatic rings. The SMILES string of the molecule is CCN(CC1CCCCN1)C1CCOC2(CCOCC2)C1. The summed E-state index contributed by atoms with van der Waals surface area (Å²) in [6.45, 7) is 8.58. The van der Waals surface area contributed by atoms with E-state index in [0.29, 0.717) is 12.1 Å². The van der Waals surface area contributed by atoms with Gasteiger partial charge in [0, 0.05) is 38.4 Å². The van der Waals surface area contributed by atoms with Crippen LogP contribution in [0.15, 0.2) is 0 Å². The van der Waals surface area contributed by atoms with Crippen molar-refractivity contribution in [3.8, 4) is 0 Å². The molecule has 0 aliphatic carbocycles. The van der Waals surface area contributed by atoms with Crippen molar-refractivity contribution >= 4 is 0 Å². The van der Waals surface area contributed by atoms with Crippen LogP contribution in [0, 0.1) is 0 Å². The van der Waals surface area contributed by atoms with Crippen molar-refractivity contribution in [1.29, 1.82) is 0 Å². The molecule has 2 unspecified atom stereocenters. The molecule has 3 heterocycles. The van der Waals surface area contributed by atoms with Crippen LogP contribution in [0.3, 0.4) is 0 Å². The van der Waals surface area contributed by atoms with Crippen molar-refractivity contribution in [1.82, 2.24) is 10.2 Å². The van der Waals surface area contributed by atoms with E-state index in [0.717, 1.165) is 39.2 Å². The van der Waals surface area contributed by atoms with Crippen LogP contribution in [0.25, 0.3) is 0 Å². The van der Waals surface area contributed by atoms with Crippen LogP contribution in [0.4, 0.5) is 0 Å². The lowest BCUT2D eigenvalue weighted by Crippen LogP contribution is -2.54. The summed E-state index contributed by atoms with van der Waals surface area (Å²) < 4.78 is 11.7. The van der Waals surface area contributed by atoms with Crippen molar-refractivity contribution < 1.29 is 9.47 Å². The van der Waals surface area contributed by atoms with Gasteiger partial charge >= 0.3 is 0 Å². The Labute approximate surface area is 129 Å². The van der Waals surface area contributed by atoms with E-state index < -0.39 is 0 Å². The van der Waals surface area contributed by atoms with Crippen molar-refractivity contribution in [2.45, 2.75) is 69.6 Å². The lowest BCUT2D eigenvalue weighted by atomic mass is 9.83. The standard InChI is InChI=1S/C17H32N2O2/c1-2-19(14-15-5-3-4-9-18-15)16-6-10-21-17(13-16)7-11-20-12-8-17/h15-16,18H,2-14H2,1H3. The molecule has 3 aliphatic heterocycles. The van der Waals surface area contributed by atoms with E-state index in [1.165, 1.54) is 45.2 Å². The average Bonchev–Trinajstić information content (AvgIpc) is 2.54. The van der Waals surface area contributed by atoms with E-state index in [9.17, 15) is 0 Å². The van der Waals surface area contributed by atoms with Gasteiger partial charge in [-0.1, -0.05) is 13.3 Å². The van der Waals surface area contributed by atoms with Crippen LogP contribution in [0.1, 0.15) is 51.9 Å². The topological polar surface area (TPSA) is 33.7 Å². The number of hydrogen-bond donors (Lipinski definition) is 1. The maximum atomic E-state index is 6.20. The second-order valence-electron chi connectivity index (χ2n) is 7.02. The van der Waals surface area contributed by atoms with Gasteiger partial charge in [0.25, 0.3) is 0 Å². The minimum absolute atomic E-state index is 0.120. The summed E-state index contributed by atoms with van der Waals surface area (Å²) in [6.07, 6.45) is 8.66. The third kappa shape index (κ3) is 3.98. The van der Waals surface area contributed by atoms with Gasteiger partial charge < -0.3 is 14.8 Å². The molecule has 3 saturated heterocycles. The van der Waals surface area contributed by atoms with E-state index in [1.807, 2.05) is 0 Å². The van der Waals surface area contributed by atoms with Gasteiger partial charge in [0.1, 0.15) is 0 Å². The third-order valence-corrected chi connectivity index (χ3v) is 5.66. The Kier molecular flexibility index (Phi) is 5.54. The van der Waals surface area contributed by atoms with Gasteiger partial charge in [-0.25, -0.2) is 0 Å². The fraction of sp³-hybridized carbons (Fsp3) is 1.00. The summed E-state index contributed by atoms with van der Waals surface area (Å²) in [5.74, 6) is 0. The van der Waals surface area contributed by atoms with E-state index >= 15 is 0 Å². The molecule has 0 saturated carbocycles. The van der Waals surface area contributed by atoms with Gasteiger partial charge in [0.05, 0.1) is 5.60 Å². The van der Waals surface area contributed by atoms with Gasteiger partial charge in [0.15, 0.2) is 0 Å². The molecule has 0 aromatic heterocycles. The molecule has 0 aromatic carbocycles. The Morgan fingerprint density at radius 3 is 2.71 bits per heavy atom. The maximum absolute atomic E-state index is 6.20. The number of rotatable bonds is 4. The molecule has 1 N–H and O–H groups in total. The van der Waals surface area contributed by atoms with Crippen LogP contribution in [-0.2, 0) is 9.47 Å². The number of nitrogens with one attached hydrogen (secondary N) is 1. The number of nitrogens with zero attached hydrogens (tertiary/aromatic N) is 1. The van der Waals surface area contributed by atoms with Crippen molar-refractivity contribution in [2.75, 3.05) is 39.5 Å². The molecule has 0 radical (unpaired) electrons. The van der Waals surface area contributed by atoms with E-state index in [1.54, 1.807) is 0 Å². The Bertz CT molecular complexity index is 306. The van der Waals surface area contributed by atoms with Crippen LogP contribution >= 0.6 is 0 Å². The van der Waals surface area contributed by atoms with Crippen LogP contribution in [0.5, 0.6) is 0 Å². The molecule has 21 heavy (non-hydrogen) atoms. The zero-order valence-electron chi connectivity index (χ0n) is 13.6. The largest absolute Gasteiger partial charge is 0.381 e. The predicted molar refractivity (Wildman–Crippen MR) is 84.6 cm³/mol. The molecule has 3 aliphatic rings. The first kappa shape index (κ1) is 15.7. The average molecular weight is 296 g/mol. The monoisotopic (exact) mass is 296 g/mol. The highest BCUT2D eigenvalue weighted by atomic mass is 16.5. The zero-order valence-corrected chi connectivity index (χ0v) is 13.6. The lowest BCUT2D eigenvalue weighted by molar-refractivity contribution is -0.151.